The fraction of sp³-hybridized carbons (Fsp3) is 0.385. The number of rotatable bonds is 6. The first-order chi connectivity index (χ1) is 9.47. The molecule has 21 heavy (non-hydrogen) atoms. The molecule has 5 nitrogen and oxygen atoms in total. The highest BCUT2D eigenvalue weighted by molar-refractivity contribution is 6.42. The maximum absolute atomic E-state index is 12.0. The van der Waals surface area contributed by atoms with E-state index >= 15 is 0 Å². The molecule has 0 spiro atoms. The Morgan fingerprint density at radius 1 is 1.29 bits per heavy atom. The lowest BCUT2D eigenvalue weighted by Crippen LogP contribution is -2.41. The zero-order valence-electron chi connectivity index (χ0n) is 11.6. The van der Waals surface area contributed by atoms with Crippen LogP contribution in [0.25, 0.3) is 0 Å². The predicted octanol–water partition coefficient (Wildman–Crippen LogP) is 1.84. The van der Waals surface area contributed by atoms with E-state index in [0.717, 1.165) is 5.56 Å². The minimum atomic E-state index is -0.357. The molecule has 8 heteroatoms. The second-order valence-corrected chi connectivity index (χ2v) is 4.95. The molecular formula is C13H18Cl3N3O2. The summed E-state index contributed by atoms with van der Waals surface area (Å²) in [7, 11) is 0. The van der Waals surface area contributed by atoms with Gasteiger partial charge in [-0.05, 0) is 24.6 Å². The standard InChI is InChI=1S/C13H17Cl2N3O2.ClH/c1-2-18(13(20)7-17-12(19)6-16)8-9-3-4-10(14)11(15)5-9;/h3-5H,2,6-8,16H2,1H3,(H,17,19);1H. The molecule has 0 aliphatic carbocycles. The van der Waals surface area contributed by atoms with Gasteiger partial charge in [-0.2, -0.15) is 0 Å². The van der Waals surface area contributed by atoms with Gasteiger partial charge in [-0.15, -0.1) is 12.4 Å². The van der Waals surface area contributed by atoms with Gasteiger partial charge in [-0.1, -0.05) is 29.3 Å². The Morgan fingerprint density at radius 2 is 1.95 bits per heavy atom. The van der Waals surface area contributed by atoms with Crippen molar-refractivity contribution < 1.29 is 9.59 Å². The SMILES string of the molecule is CCN(Cc1ccc(Cl)c(Cl)c1)C(=O)CNC(=O)CN.Cl. The monoisotopic (exact) mass is 353 g/mol. The van der Waals surface area contributed by atoms with E-state index in [2.05, 4.69) is 5.32 Å². The van der Waals surface area contributed by atoms with Gasteiger partial charge in [0.05, 0.1) is 23.1 Å². The molecule has 1 rings (SSSR count). The van der Waals surface area contributed by atoms with Gasteiger partial charge in [0.1, 0.15) is 0 Å². The fourth-order valence-electron chi connectivity index (χ4n) is 1.59. The van der Waals surface area contributed by atoms with Crippen LogP contribution in [-0.4, -0.2) is 36.3 Å². The summed E-state index contributed by atoms with van der Waals surface area (Å²) >= 11 is 11.8. The quantitative estimate of drug-likeness (QED) is 0.818. The molecule has 0 aliphatic heterocycles. The molecule has 1 aromatic rings. The first-order valence-corrected chi connectivity index (χ1v) is 6.92. The van der Waals surface area contributed by atoms with E-state index < -0.39 is 0 Å². The Balaban J connectivity index is 0.00000400. The fourth-order valence-corrected chi connectivity index (χ4v) is 1.91. The highest BCUT2D eigenvalue weighted by Gasteiger charge is 2.13. The maximum atomic E-state index is 12.0. The number of nitrogens with zero attached hydrogens (tertiary/aromatic N) is 1. The lowest BCUT2D eigenvalue weighted by molar-refractivity contribution is -0.132. The number of likely N-dealkylation sites (N-methyl/N-ethyl adjacent to an activating group) is 1. The number of carbonyl (C=O) groups is 2. The van der Waals surface area contributed by atoms with Crippen LogP contribution in [0, 0.1) is 0 Å². The molecule has 2 amide bonds. The zero-order chi connectivity index (χ0) is 15.1. The van der Waals surface area contributed by atoms with Crippen LogP contribution >= 0.6 is 35.6 Å². The molecule has 0 bridgehead atoms. The van der Waals surface area contributed by atoms with Crippen molar-refractivity contribution in [3.63, 3.8) is 0 Å². The summed E-state index contributed by atoms with van der Waals surface area (Å²) in [5.41, 5.74) is 6.03. The second-order valence-electron chi connectivity index (χ2n) is 4.14. The van der Waals surface area contributed by atoms with Crippen LogP contribution in [0.2, 0.25) is 10.0 Å². The molecule has 1 aromatic carbocycles. The van der Waals surface area contributed by atoms with E-state index in [1.54, 1.807) is 17.0 Å². The Morgan fingerprint density at radius 3 is 2.48 bits per heavy atom. The average Bonchev–Trinajstić information content (AvgIpc) is 2.45. The van der Waals surface area contributed by atoms with Gasteiger partial charge in [0.2, 0.25) is 11.8 Å². The van der Waals surface area contributed by atoms with Crippen LogP contribution in [0.3, 0.4) is 0 Å². The molecule has 0 radical (unpaired) electrons. The lowest BCUT2D eigenvalue weighted by Gasteiger charge is -2.21. The van der Waals surface area contributed by atoms with Crippen molar-refractivity contribution >= 4 is 47.4 Å². The Hall–Kier alpha value is -1.01. The first-order valence-electron chi connectivity index (χ1n) is 6.16. The summed E-state index contributed by atoms with van der Waals surface area (Å²) < 4.78 is 0. The third-order valence-corrected chi connectivity index (χ3v) is 3.45. The summed E-state index contributed by atoms with van der Waals surface area (Å²) in [4.78, 5) is 24.6. The number of benzene rings is 1. The van der Waals surface area contributed by atoms with Crippen molar-refractivity contribution in [2.24, 2.45) is 5.73 Å². The van der Waals surface area contributed by atoms with E-state index in [0.29, 0.717) is 23.1 Å². The van der Waals surface area contributed by atoms with Gasteiger partial charge in [-0.25, -0.2) is 0 Å². The van der Waals surface area contributed by atoms with Gasteiger partial charge in [0.25, 0.3) is 0 Å². The van der Waals surface area contributed by atoms with Crippen molar-refractivity contribution in [2.75, 3.05) is 19.6 Å². The maximum Gasteiger partial charge on any atom is 0.242 e. The van der Waals surface area contributed by atoms with E-state index in [4.69, 9.17) is 28.9 Å². The molecule has 118 valence electrons. The first kappa shape index (κ1) is 20.0. The van der Waals surface area contributed by atoms with Crippen molar-refractivity contribution in [3.8, 4) is 0 Å². The van der Waals surface area contributed by atoms with Crippen LogP contribution < -0.4 is 11.1 Å². The number of halogens is 3. The Kier molecular flexibility index (Phi) is 9.37. The predicted molar refractivity (Wildman–Crippen MR) is 86.9 cm³/mol. The highest BCUT2D eigenvalue weighted by Crippen LogP contribution is 2.23. The summed E-state index contributed by atoms with van der Waals surface area (Å²) in [6.07, 6.45) is 0. The molecule has 0 unspecified atom stereocenters. The number of hydrogen-bond acceptors (Lipinski definition) is 3. The van der Waals surface area contributed by atoms with E-state index in [9.17, 15) is 9.59 Å². The van der Waals surface area contributed by atoms with Gasteiger partial charge >= 0.3 is 0 Å². The van der Waals surface area contributed by atoms with E-state index in [-0.39, 0.29) is 37.3 Å². The summed E-state index contributed by atoms with van der Waals surface area (Å²) in [5, 5.41) is 3.37. The number of nitrogens with one attached hydrogen (secondary N) is 1. The molecular weight excluding hydrogens is 337 g/mol. The van der Waals surface area contributed by atoms with Gasteiger partial charge in [0.15, 0.2) is 0 Å². The average molecular weight is 355 g/mol. The van der Waals surface area contributed by atoms with Gasteiger partial charge in [0, 0.05) is 13.1 Å². The summed E-state index contributed by atoms with van der Waals surface area (Å²) in [6, 6.07) is 5.22. The van der Waals surface area contributed by atoms with Gasteiger partial charge < -0.3 is 16.0 Å². The van der Waals surface area contributed by atoms with E-state index in [1.165, 1.54) is 0 Å². The van der Waals surface area contributed by atoms with Crippen LogP contribution in [-0.2, 0) is 16.1 Å². The zero-order valence-corrected chi connectivity index (χ0v) is 13.9. The smallest absolute Gasteiger partial charge is 0.242 e. The van der Waals surface area contributed by atoms with Crippen molar-refractivity contribution in [3.05, 3.63) is 33.8 Å². The van der Waals surface area contributed by atoms with Gasteiger partial charge in [-0.3, -0.25) is 9.59 Å². The van der Waals surface area contributed by atoms with Crippen LogP contribution in [0.4, 0.5) is 0 Å². The van der Waals surface area contributed by atoms with Crippen LogP contribution in [0.5, 0.6) is 0 Å². The Bertz CT molecular complexity index is 498. The molecule has 0 fully saturated rings. The second kappa shape index (κ2) is 9.84. The third kappa shape index (κ3) is 6.52. The summed E-state index contributed by atoms with van der Waals surface area (Å²) in [6.45, 7) is 2.60. The molecule has 0 aromatic heterocycles. The third-order valence-electron chi connectivity index (χ3n) is 2.71. The van der Waals surface area contributed by atoms with Crippen LogP contribution in [0.1, 0.15) is 12.5 Å². The number of carbonyl (C=O) groups excluding carboxylic acids is 2. The molecule has 0 aliphatic rings. The van der Waals surface area contributed by atoms with Crippen LogP contribution in [0.15, 0.2) is 18.2 Å². The normalized spacial score (nSPS) is 9.71. The molecule has 3 N–H and O–H groups in total. The minimum absolute atomic E-state index is 0. The summed E-state index contributed by atoms with van der Waals surface area (Å²) in [5.74, 6) is -0.538. The number of amides is 2. The van der Waals surface area contributed by atoms with E-state index in [1.807, 2.05) is 13.0 Å². The van der Waals surface area contributed by atoms with Crippen molar-refractivity contribution in [2.45, 2.75) is 13.5 Å². The molecule has 0 saturated carbocycles. The minimum Gasteiger partial charge on any atom is -0.346 e. The lowest BCUT2D eigenvalue weighted by atomic mass is 10.2. The topological polar surface area (TPSA) is 75.4 Å². The number of hydrogen-bond donors (Lipinski definition) is 2. The number of nitrogens with two attached hydrogens (primary N) is 1. The molecule has 0 atom stereocenters. The molecule has 0 heterocycles. The van der Waals surface area contributed by atoms with Crippen molar-refractivity contribution in [1.29, 1.82) is 0 Å². The highest BCUT2D eigenvalue weighted by atomic mass is 35.5. The Labute approximate surface area is 140 Å². The van der Waals surface area contributed by atoms with Crippen molar-refractivity contribution in [1.82, 2.24) is 10.2 Å². The molecule has 0 saturated heterocycles. The largest absolute Gasteiger partial charge is 0.346 e.